The van der Waals surface area contributed by atoms with Gasteiger partial charge in [-0.3, -0.25) is 0 Å². The van der Waals surface area contributed by atoms with Gasteiger partial charge >= 0.3 is 12.3 Å². The van der Waals surface area contributed by atoms with Crippen molar-refractivity contribution in [3.05, 3.63) is 29.8 Å². The smallest absolute Gasteiger partial charge is 0.426 e. The van der Waals surface area contributed by atoms with E-state index in [-0.39, 0.29) is 0 Å². The minimum absolute atomic E-state index is 0.476. The number of rotatable bonds is 11. The molecule has 1 fully saturated rings. The lowest BCUT2D eigenvalue weighted by molar-refractivity contribution is -0.360. The monoisotopic (exact) mass is 420 g/mol. The van der Waals surface area contributed by atoms with E-state index in [1.807, 2.05) is 0 Å². The normalized spacial score (nSPS) is 20.6. The van der Waals surface area contributed by atoms with E-state index < -0.39 is 18.0 Å². The summed E-state index contributed by atoms with van der Waals surface area (Å²) in [5, 5.41) is 0. The molecular formula is C23H33F5O. The highest BCUT2D eigenvalue weighted by Crippen LogP contribution is 2.37. The molecule has 6 heteroatoms. The SMILES string of the molecule is CCCCCCC[C@H]1CC[C@H](CCc2ccc(OC(F)(F)C(F)(F)F)cc2)CC1. The molecule has 2 rings (SSSR count). The first-order chi connectivity index (χ1) is 13.7. The Balaban J connectivity index is 1.67. The molecule has 1 aliphatic rings. The van der Waals surface area contributed by atoms with Crippen LogP contribution in [-0.4, -0.2) is 12.3 Å². The van der Waals surface area contributed by atoms with Crippen molar-refractivity contribution >= 4 is 0 Å². The van der Waals surface area contributed by atoms with E-state index in [0.29, 0.717) is 5.92 Å². The molecule has 0 bridgehead atoms. The maximum absolute atomic E-state index is 12.9. The topological polar surface area (TPSA) is 9.23 Å². The largest absolute Gasteiger partial charge is 0.499 e. The maximum Gasteiger partial charge on any atom is 0.499 e. The summed E-state index contributed by atoms with van der Waals surface area (Å²) in [5.41, 5.74) is 0.936. The van der Waals surface area contributed by atoms with Crippen molar-refractivity contribution in [3.63, 3.8) is 0 Å². The average molecular weight is 421 g/mol. The van der Waals surface area contributed by atoms with Gasteiger partial charge in [0.1, 0.15) is 5.75 Å². The van der Waals surface area contributed by atoms with Gasteiger partial charge in [0, 0.05) is 0 Å². The van der Waals surface area contributed by atoms with Crippen LogP contribution in [0.5, 0.6) is 5.75 Å². The Morgan fingerprint density at radius 1 is 0.793 bits per heavy atom. The van der Waals surface area contributed by atoms with Gasteiger partial charge in [-0.25, -0.2) is 0 Å². The number of ether oxygens (including phenoxy) is 1. The molecule has 0 N–H and O–H groups in total. The molecule has 0 spiro atoms. The molecule has 0 heterocycles. The average Bonchev–Trinajstić information content (AvgIpc) is 2.67. The third kappa shape index (κ3) is 8.13. The minimum atomic E-state index is -5.72. The first-order valence-electron chi connectivity index (χ1n) is 10.9. The van der Waals surface area contributed by atoms with E-state index >= 15 is 0 Å². The van der Waals surface area contributed by atoms with Crippen LogP contribution < -0.4 is 4.74 Å². The Bertz CT molecular complexity index is 574. The summed E-state index contributed by atoms with van der Waals surface area (Å²) in [6.45, 7) is 2.23. The second-order valence-corrected chi connectivity index (χ2v) is 8.39. The fourth-order valence-corrected chi connectivity index (χ4v) is 4.15. The zero-order valence-corrected chi connectivity index (χ0v) is 17.2. The van der Waals surface area contributed by atoms with Crippen LogP contribution in [0.2, 0.25) is 0 Å². The molecule has 0 amide bonds. The standard InChI is InChI=1S/C23H33F5O/c1-2-3-4-5-6-7-18-8-10-19(11-9-18)12-13-20-14-16-21(17-15-20)29-23(27,28)22(24,25)26/h14-19H,2-13H2,1H3/t18-,19-. The van der Waals surface area contributed by atoms with Crippen molar-refractivity contribution in [2.45, 2.75) is 96.3 Å². The molecule has 1 aromatic rings. The molecule has 166 valence electrons. The van der Waals surface area contributed by atoms with Crippen LogP contribution >= 0.6 is 0 Å². The molecule has 0 aromatic heterocycles. The molecule has 0 radical (unpaired) electrons. The van der Waals surface area contributed by atoms with Crippen molar-refractivity contribution in [1.82, 2.24) is 0 Å². The molecule has 1 nitrogen and oxygen atoms in total. The molecular weight excluding hydrogens is 387 g/mol. The third-order valence-corrected chi connectivity index (χ3v) is 6.02. The summed E-state index contributed by atoms with van der Waals surface area (Å²) in [7, 11) is 0. The Morgan fingerprint density at radius 3 is 1.90 bits per heavy atom. The van der Waals surface area contributed by atoms with E-state index in [1.54, 1.807) is 12.1 Å². The van der Waals surface area contributed by atoms with Crippen LogP contribution in [0.15, 0.2) is 24.3 Å². The second-order valence-electron chi connectivity index (χ2n) is 8.39. The quantitative estimate of drug-likeness (QED) is 0.258. The van der Waals surface area contributed by atoms with Crippen LogP contribution in [0, 0.1) is 11.8 Å². The van der Waals surface area contributed by atoms with Crippen LogP contribution in [0.25, 0.3) is 0 Å². The minimum Gasteiger partial charge on any atom is -0.426 e. The fraction of sp³-hybridized carbons (Fsp3) is 0.739. The van der Waals surface area contributed by atoms with Gasteiger partial charge in [0.15, 0.2) is 0 Å². The number of halogens is 5. The highest BCUT2D eigenvalue weighted by Gasteiger charge is 2.61. The Hall–Kier alpha value is -1.33. The van der Waals surface area contributed by atoms with Gasteiger partial charge in [0.25, 0.3) is 0 Å². The number of alkyl halides is 5. The number of hydrogen-bond donors (Lipinski definition) is 0. The summed E-state index contributed by atoms with van der Waals surface area (Å²) < 4.78 is 66.3. The number of hydrogen-bond acceptors (Lipinski definition) is 1. The molecule has 29 heavy (non-hydrogen) atoms. The predicted molar refractivity (Wildman–Crippen MR) is 105 cm³/mol. The lowest BCUT2D eigenvalue weighted by atomic mass is 9.78. The highest BCUT2D eigenvalue weighted by molar-refractivity contribution is 5.27. The van der Waals surface area contributed by atoms with Crippen LogP contribution in [0.3, 0.4) is 0 Å². The van der Waals surface area contributed by atoms with Crippen molar-refractivity contribution in [1.29, 1.82) is 0 Å². The highest BCUT2D eigenvalue weighted by atomic mass is 19.4. The van der Waals surface area contributed by atoms with Gasteiger partial charge in [-0.15, -0.1) is 0 Å². The lowest BCUT2D eigenvalue weighted by Gasteiger charge is -2.28. The maximum atomic E-state index is 12.9. The zero-order valence-electron chi connectivity index (χ0n) is 17.2. The van der Waals surface area contributed by atoms with Crippen LogP contribution in [0.1, 0.15) is 83.1 Å². The Kier molecular flexibility index (Phi) is 9.22. The van der Waals surface area contributed by atoms with Gasteiger partial charge in [0.05, 0.1) is 0 Å². The van der Waals surface area contributed by atoms with Gasteiger partial charge in [-0.2, -0.15) is 22.0 Å². The van der Waals surface area contributed by atoms with E-state index in [4.69, 9.17) is 0 Å². The van der Waals surface area contributed by atoms with E-state index in [0.717, 1.165) is 24.3 Å². The lowest BCUT2D eigenvalue weighted by Crippen LogP contribution is -2.41. The molecule has 1 aromatic carbocycles. The second kappa shape index (κ2) is 11.2. The van der Waals surface area contributed by atoms with Crippen LogP contribution in [-0.2, 0) is 6.42 Å². The van der Waals surface area contributed by atoms with Gasteiger partial charge in [0.2, 0.25) is 0 Å². The number of unbranched alkanes of at least 4 members (excludes halogenated alkanes) is 4. The van der Waals surface area contributed by atoms with Gasteiger partial charge in [-0.1, -0.05) is 83.3 Å². The van der Waals surface area contributed by atoms with Crippen LogP contribution in [0.4, 0.5) is 22.0 Å². The third-order valence-electron chi connectivity index (χ3n) is 6.02. The Morgan fingerprint density at radius 2 is 1.34 bits per heavy atom. The van der Waals surface area contributed by atoms with E-state index in [1.165, 1.54) is 76.3 Å². The van der Waals surface area contributed by atoms with Crippen molar-refractivity contribution in [2.24, 2.45) is 11.8 Å². The summed E-state index contributed by atoms with van der Waals surface area (Å²) in [6, 6.07) is 5.52. The van der Waals surface area contributed by atoms with Crippen molar-refractivity contribution < 1.29 is 26.7 Å². The summed E-state index contributed by atoms with van der Waals surface area (Å²) in [4.78, 5) is 0. The first kappa shape index (κ1) is 23.9. The first-order valence-corrected chi connectivity index (χ1v) is 10.9. The molecule has 1 aliphatic carbocycles. The molecule has 0 saturated heterocycles. The van der Waals surface area contributed by atoms with Gasteiger partial charge < -0.3 is 4.74 Å². The molecule has 0 aliphatic heterocycles. The summed E-state index contributed by atoms with van der Waals surface area (Å²) >= 11 is 0. The van der Waals surface area contributed by atoms with Crippen molar-refractivity contribution in [2.75, 3.05) is 0 Å². The summed E-state index contributed by atoms with van der Waals surface area (Å²) in [5.74, 6) is 1.06. The summed E-state index contributed by atoms with van der Waals surface area (Å²) in [6.07, 6.45) is 4.00. The number of aryl methyl sites for hydroxylation is 1. The van der Waals surface area contributed by atoms with E-state index in [2.05, 4.69) is 11.7 Å². The van der Waals surface area contributed by atoms with E-state index in [9.17, 15) is 22.0 Å². The molecule has 0 unspecified atom stereocenters. The Labute approximate surface area is 171 Å². The van der Waals surface area contributed by atoms with Crippen molar-refractivity contribution in [3.8, 4) is 5.75 Å². The predicted octanol–water partition coefficient (Wildman–Crippen LogP) is 8.32. The molecule has 1 saturated carbocycles. The fourth-order valence-electron chi connectivity index (χ4n) is 4.15. The number of benzene rings is 1. The zero-order chi connectivity index (χ0) is 21.3. The van der Waals surface area contributed by atoms with Gasteiger partial charge in [-0.05, 0) is 42.4 Å². The molecule has 0 atom stereocenters.